The molecule has 1 nitrogen and oxygen atoms in total. The van der Waals surface area contributed by atoms with Crippen molar-refractivity contribution in [3.8, 4) is 0 Å². The maximum absolute atomic E-state index is 5.36. The molecule has 1 aliphatic heterocycles. The first-order valence-corrected chi connectivity index (χ1v) is 3.88. The molecule has 1 saturated heterocycles. The van der Waals surface area contributed by atoms with Crippen LogP contribution in [0.4, 0.5) is 0 Å². The Bertz CT molecular complexity index is 181. The van der Waals surface area contributed by atoms with Crippen LogP contribution in [0, 0.1) is 0 Å². The third-order valence-corrected chi connectivity index (χ3v) is 2.12. The molecule has 2 rings (SSSR count). The van der Waals surface area contributed by atoms with E-state index in [2.05, 4.69) is 18.7 Å². The molecule has 2 unspecified atom stereocenters. The van der Waals surface area contributed by atoms with E-state index >= 15 is 0 Å². The SMILES string of the molecule is C=C1CCC/C=C\C2OC12. The lowest BCUT2D eigenvalue weighted by Crippen LogP contribution is -1.97. The third kappa shape index (κ3) is 1.01. The zero-order valence-corrected chi connectivity index (χ0v) is 6.05. The van der Waals surface area contributed by atoms with Gasteiger partial charge in [-0.3, -0.25) is 0 Å². The van der Waals surface area contributed by atoms with E-state index in [0.717, 1.165) is 6.42 Å². The molecule has 1 fully saturated rings. The van der Waals surface area contributed by atoms with Gasteiger partial charge in [0.25, 0.3) is 0 Å². The van der Waals surface area contributed by atoms with Gasteiger partial charge in [-0.2, -0.15) is 0 Å². The first-order valence-electron chi connectivity index (χ1n) is 3.88. The molecular formula is C9H12O. The highest BCUT2D eigenvalue weighted by atomic mass is 16.6. The fraction of sp³-hybridized carbons (Fsp3) is 0.556. The molecule has 0 aromatic heterocycles. The van der Waals surface area contributed by atoms with Gasteiger partial charge >= 0.3 is 0 Å². The Hall–Kier alpha value is -0.560. The number of epoxide rings is 1. The molecule has 0 spiro atoms. The van der Waals surface area contributed by atoms with Gasteiger partial charge in [-0.1, -0.05) is 18.7 Å². The summed E-state index contributed by atoms with van der Waals surface area (Å²) in [4.78, 5) is 0. The molecule has 0 amide bonds. The first-order chi connectivity index (χ1) is 4.88. The highest BCUT2D eigenvalue weighted by Crippen LogP contribution is 2.33. The van der Waals surface area contributed by atoms with Gasteiger partial charge in [0.15, 0.2) is 0 Å². The number of fused-ring (bicyclic) bond motifs is 1. The summed E-state index contributed by atoms with van der Waals surface area (Å²) in [6.07, 6.45) is 8.70. The van der Waals surface area contributed by atoms with Crippen molar-refractivity contribution >= 4 is 0 Å². The molecular weight excluding hydrogens is 124 g/mol. The summed E-state index contributed by atoms with van der Waals surface area (Å²) in [7, 11) is 0. The molecule has 0 saturated carbocycles. The van der Waals surface area contributed by atoms with Crippen molar-refractivity contribution in [2.75, 3.05) is 0 Å². The van der Waals surface area contributed by atoms with Crippen LogP contribution in [0.25, 0.3) is 0 Å². The molecule has 1 heteroatoms. The van der Waals surface area contributed by atoms with Crippen molar-refractivity contribution in [1.82, 2.24) is 0 Å². The number of rotatable bonds is 0. The molecule has 0 radical (unpaired) electrons. The van der Waals surface area contributed by atoms with Crippen molar-refractivity contribution in [1.29, 1.82) is 0 Å². The second-order valence-electron chi connectivity index (χ2n) is 3.00. The van der Waals surface area contributed by atoms with Gasteiger partial charge in [0.05, 0.1) is 0 Å². The lowest BCUT2D eigenvalue weighted by molar-refractivity contribution is 0.405. The maximum atomic E-state index is 5.36. The van der Waals surface area contributed by atoms with Gasteiger partial charge in [0.2, 0.25) is 0 Å². The van der Waals surface area contributed by atoms with Gasteiger partial charge in [-0.15, -0.1) is 0 Å². The number of ether oxygens (including phenoxy) is 1. The van der Waals surface area contributed by atoms with E-state index in [9.17, 15) is 0 Å². The molecule has 0 N–H and O–H groups in total. The smallest absolute Gasteiger partial charge is 0.109 e. The minimum Gasteiger partial charge on any atom is -0.360 e. The average molecular weight is 136 g/mol. The minimum atomic E-state index is 0.372. The standard InChI is InChI=1S/C9H12O/c1-7-5-3-2-4-6-8-9(7)10-8/h4,6,8-9H,1-3,5H2/b6-4-. The summed E-state index contributed by atoms with van der Waals surface area (Å²) in [6, 6.07) is 0. The van der Waals surface area contributed by atoms with Crippen LogP contribution in [0.15, 0.2) is 24.3 Å². The van der Waals surface area contributed by atoms with Crippen molar-refractivity contribution in [3.63, 3.8) is 0 Å². The summed E-state index contributed by atoms with van der Waals surface area (Å²) >= 11 is 0. The van der Waals surface area contributed by atoms with Gasteiger partial charge < -0.3 is 4.74 Å². The van der Waals surface area contributed by atoms with Crippen LogP contribution in [-0.4, -0.2) is 12.2 Å². The largest absolute Gasteiger partial charge is 0.360 e. The Morgan fingerprint density at radius 1 is 1.60 bits per heavy atom. The van der Waals surface area contributed by atoms with E-state index in [-0.39, 0.29) is 0 Å². The highest BCUT2D eigenvalue weighted by Gasteiger charge is 2.38. The van der Waals surface area contributed by atoms with E-state index in [0.29, 0.717) is 12.2 Å². The Morgan fingerprint density at radius 2 is 2.50 bits per heavy atom. The molecule has 2 aliphatic rings. The molecule has 1 aliphatic carbocycles. The van der Waals surface area contributed by atoms with Crippen LogP contribution in [-0.2, 0) is 4.74 Å². The summed E-state index contributed by atoms with van der Waals surface area (Å²) in [6.45, 7) is 3.98. The zero-order valence-electron chi connectivity index (χ0n) is 6.05. The van der Waals surface area contributed by atoms with Crippen molar-refractivity contribution in [2.45, 2.75) is 31.5 Å². The third-order valence-electron chi connectivity index (χ3n) is 2.12. The van der Waals surface area contributed by atoms with E-state index < -0.39 is 0 Å². The number of allylic oxidation sites excluding steroid dienone is 1. The summed E-state index contributed by atoms with van der Waals surface area (Å²) in [5.74, 6) is 0. The van der Waals surface area contributed by atoms with Crippen LogP contribution in [0.2, 0.25) is 0 Å². The molecule has 1 heterocycles. The predicted octanol–water partition coefficient (Wildman–Crippen LogP) is 2.05. The predicted molar refractivity (Wildman–Crippen MR) is 40.8 cm³/mol. The second-order valence-corrected chi connectivity index (χ2v) is 3.00. The number of hydrogen-bond donors (Lipinski definition) is 0. The van der Waals surface area contributed by atoms with E-state index in [1.54, 1.807) is 0 Å². The van der Waals surface area contributed by atoms with Crippen LogP contribution in [0.3, 0.4) is 0 Å². The second kappa shape index (κ2) is 2.24. The zero-order chi connectivity index (χ0) is 6.97. The fourth-order valence-electron chi connectivity index (χ4n) is 1.42. The quantitative estimate of drug-likeness (QED) is 0.367. The van der Waals surface area contributed by atoms with E-state index in [1.165, 1.54) is 18.4 Å². The van der Waals surface area contributed by atoms with Crippen molar-refractivity contribution in [2.24, 2.45) is 0 Å². The monoisotopic (exact) mass is 136 g/mol. The minimum absolute atomic E-state index is 0.372. The topological polar surface area (TPSA) is 12.5 Å². The van der Waals surface area contributed by atoms with Crippen molar-refractivity contribution < 1.29 is 4.74 Å². The molecule has 0 bridgehead atoms. The average Bonchev–Trinajstić information content (AvgIpc) is 2.62. The highest BCUT2D eigenvalue weighted by molar-refractivity contribution is 5.20. The Morgan fingerprint density at radius 3 is 3.40 bits per heavy atom. The first kappa shape index (κ1) is 6.17. The molecule has 54 valence electrons. The summed E-state index contributed by atoms with van der Waals surface area (Å²) < 4.78 is 5.36. The normalized spacial score (nSPS) is 41.4. The maximum Gasteiger partial charge on any atom is 0.109 e. The fourth-order valence-corrected chi connectivity index (χ4v) is 1.42. The van der Waals surface area contributed by atoms with Crippen LogP contribution < -0.4 is 0 Å². The Labute approximate surface area is 61.4 Å². The van der Waals surface area contributed by atoms with Gasteiger partial charge in [0.1, 0.15) is 12.2 Å². The summed E-state index contributed by atoms with van der Waals surface area (Å²) in [5.41, 5.74) is 1.29. The molecule has 2 atom stereocenters. The lowest BCUT2D eigenvalue weighted by Gasteiger charge is -2.01. The van der Waals surface area contributed by atoms with E-state index in [1.807, 2.05) is 0 Å². The number of hydrogen-bond acceptors (Lipinski definition) is 1. The Balaban J connectivity index is 2.07. The van der Waals surface area contributed by atoms with Crippen molar-refractivity contribution in [3.05, 3.63) is 24.3 Å². The van der Waals surface area contributed by atoms with Crippen LogP contribution in [0.1, 0.15) is 19.3 Å². The van der Waals surface area contributed by atoms with Crippen LogP contribution in [0.5, 0.6) is 0 Å². The molecule has 0 aromatic rings. The van der Waals surface area contributed by atoms with E-state index in [4.69, 9.17) is 4.74 Å². The summed E-state index contributed by atoms with van der Waals surface area (Å²) in [5, 5.41) is 0. The molecule has 0 aromatic carbocycles. The van der Waals surface area contributed by atoms with Gasteiger partial charge in [-0.05, 0) is 24.8 Å². The molecule has 10 heavy (non-hydrogen) atoms. The van der Waals surface area contributed by atoms with Crippen LogP contribution >= 0.6 is 0 Å². The van der Waals surface area contributed by atoms with Gasteiger partial charge in [0, 0.05) is 0 Å². The van der Waals surface area contributed by atoms with Gasteiger partial charge in [-0.25, -0.2) is 0 Å². The lowest BCUT2D eigenvalue weighted by atomic mass is 10.0. The Kier molecular flexibility index (Phi) is 1.38.